The Morgan fingerprint density at radius 1 is 1.20 bits per heavy atom. The number of nitrogens with one attached hydrogen (secondary N) is 1. The second-order valence-electron chi connectivity index (χ2n) is 8.59. The van der Waals surface area contributed by atoms with E-state index in [4.69, 9.17) is 9.26 Å². The topological polar surface area (TPSA) is 76.8 Å². The molecule has 1 aromatic carbocycles. The molecule has 160 valence electrons. The SMILES string of the molecule is Cc1noc(NC(=O)N2CCC3(CC2)CC(c2cccc4c2OC(F)(F)O4)C3)c1C. The first-order valence-corrected chi connectivity index (χ1v) is 10.1. The zero-order valence-corrected chi connectivity index (χ0v) is 16.8. The third-order valence-electron chi connectivity index (χ3n) is 6.75. The molecule has 30 heavy (non-hydrogen) atoms. The van der Waals surface area contributed by atoms with Crippen LogP contribution in [-0.4, -0.2) is 35.5 Å². The van der Waals surface area contributed by atoms with Crippen molar-refractivity contribution in [2.75, 3.05) is 18.4 Å². The van der Waals surface area contributed by atoms with Gasteiger partial charge in [-0.15, -0.1) is 8.78 Å². The third kappa shape index (κ3) is 3.16. The number of fused-ring (bicyclic) bond motifs is 1. The Kier molecular flexibility index (Phi) is 4.20. The molecule has 2 aliphatic heterocycles. The van der Waals surface area contributed by atoms with E-state index < -0.39 is 6.29 Å². The van der Waals surface area contributed by atoms with Crippen LogP contribution in [0.1, 0.15) is 48.4 Å². The number of nitrogens with zero attached hydrogens (tertiary/aromatic N) is 2. The van der Waals surface area contributed by atoms with Gasteiger partial charge in [0.2, 0.25) is 5.88 Å². The summed E-state index contributed by atoms with van der Waals surface area (Å²) in [4.78, 5) is 14.3. The van der Waals surface area contributed by atoms with E-state index in [-0.39, 0.29) is 28.9 Å². The number of carbonyl (C=O) groups excluding carboxylic acids is 1. The van der Waals surface area contributed by atoms with Crippen LogP contribution in [0.3, 0.4) is 0 Å². The number of urea groups is 1. The van der Waals surface area contributed by atoms with E-state index in [2.05, 4.69) is 15.2 Å². The minimum absolute atomic E-state index is 0.0999. The van der Waals surface area contributed by atoms with Gasteiger partial charge in [0.1, 0.15) is 0 Å². The van der Waals surface area contributed by atoms with Crippen LogP contribution < -0.4 is 14.8 Å². The highest BCUT2D eigenvalue weighted by Crippen LogP contribution is 2.59. The standard InChI is InChI=1S/C21H23F2N3O4/c1-12-13(2)25-30-18(12)24-19(27)26-8-6-20(7-9-26)10-14(11-20)15-4-3-5-16-17(15)29-21(22,23)28-16/h3-5,14H,6-11H2,1-2H3,(H,24,27). The first-order chi connectivity index (χ1) is 14.3. The van der Waals surface area contributed by atoms with Crippen molar-refractivity contribution in [1.82, 2.24) is 10.1 Å². The van der Waals surface area contributed by atoms with E-state index in [0.29, 0.717) is 19.0 Å². The van der Waals surface area contributed by atoms with Crippen molar-refractivity contribution in [3.63, 3.8) is 0 Å². The number of anilines is 1. The molecule has 7 nitrogen and oxygen atoms in total. The maximum absolute atomic E-state index is 13.5. The number of hydrogen-bond acceptors (Lipinski definition) is 5. The molecule has 1 aliphatic carbocycles. The molecule has 3 aliphatic rings. The fourth-order valence-electron chi connectivity index (χ4n) is 4.82. The average molecular weight is 419 g/mol. The maximum atomic E-state index is 13.5. The molecule has 0 radical (unpaired) electrons. The van der Waals surface area contributed by atoms with Crippen LogP contribution in [0.2, 0.25) is 0 Å². The van der Waals surface area contributed by atoms with Crippen LogP contribution in [0.25, 0.3) is 0 Å². The highest BCUT2D eigenvalue weighted by molar-refractivity contribution is 5.88. The number of ether oxygens (including phenoxy) is 2. The molecule has 3 heterocycles. The number of halogens is 2. The molecular formula is C21H23F2N3O4. The molecule has 1 N–H and O–H groups in total. The van der Waals surface area contributed by atoms with Gasteiger partial charge in [0, 0.05) is 24.2 Å². The Balaban J connectivity index is 1.19. The Morgan fingerprint density at radius 3 is 2.60 bits per heavy atom. The molecular weight excluding hydrogens is 396 g/mol. The predicted octanol–water partition coefficient (Wildman–Crippen LogP) is 4.80. The fourth-order valence-corrected chi connectivity index (χ4v) is 4.82. The Hall–Kier alpha value is -2.84. The van der Waals surface area contributed by atoms with Gasteiger partial charge in [-0.25, -0.2) is 4.79 Å². The predicted molar refractivity (Wildman–Crippen MR) is 103 cm³/mol. The first-order valence-electron chi connectivity index (χ1n) is 10.1. The summed E-state index contributed by atoms with van der Waals surface area (Å²) in [5.74, 6) is 0.816. The summed E-state index contributed by atoms with van der Waals surface area (Å²) in [6.07, 6.45) is -0.0385. The lowest BCUT2D eigenvalue weighted by molar-refractivity contribution is -0.287. The van der Waals surface area contributed by atoms with E-state index in [1.54, 1.807) is 11.0 Å². The molecule has 1 spiro atoms. The van der Waals surface area contributed by atoms with Crippen molar-refractivity contribution in [1.29, 1.82) is 0 Å². The van der Waals surface area contributed by atoms with Crippen LogP contribution in [0, 0.1) is 19.3 Å². The summed E-state index contributed by atoms with van der Waals surface area (Å²) in [5.41, 5.74) is 2.51. The molecule has 2 amide bonds. The number of hydrogen-bond donors (Lipinski definition) is 1. The second-order valence-corrected chi connectivity index (χ2v) is 8.59. The Labute approximate surface area is 172 Å². The normalized spacial score (nSPS) is 21.5. The fraction of sp³-hybridized carbons (Fsp3) is 0.524. The van der Waals surface area contributed by atoms with Crippen LogP contribution >= 0.6 is 0 Å². The van der Waals surface area contributed by atoms with E-state index in [1.165, 1.54) is 6.07 Å². The summed E-state index contributed by atoms with van der Waals surface area (Å²) in [6, 6.07) is 4.88. The van der Waals surface area contributed by atoms with Crippen molar-refractivity contribution < 1.29 is 27.6 Å². The summed E-state index contributed by atoms with van der Waals surface area (Å²) >= 11 is 0. The minimum atomic E-state index is -3.60. The van der Waals surface area contributed by atoms with E-state index in [0.717, 1.165) is 42.5 Å². The van der Waals surface area contributed by atoms with Crippen LogP contribution in [0.15, 0.2) is 22.7 Å². The van der Waals surface area contributed by atoms with Crippen molar-refractivity contribution >= 4 is 11.9 Å². The molecule has 0 atom stereocenters. The van der Waals surface area contributed by atoms with Crippen molar-refractivity contribution in [3.8, 4) is 11.5 Å². The number of likely N-dealkylation sites (tertiary alicyclic amines) is 1. The highest BCUT2D eigenvalue weighted by atomic mass is 19.3. The Bertz CT molecular complexity index is 990. The van der Waals surface area contributed by atoms with Crippen molar-refractivity contribution in [2.45, 2.75) is 51.7 Å². The summed E-state index contributed by atoms with van der Waals surface area (Å²) in [6.45, 7) is 4.98. The second kappa shape index (κ2) is 6.58. The van der Waals surface area contributed by atoms with E-state index in [9.17, 15) is 13.6 Å². The van der Waals surface area contributed by atoms with E-state index >= 15 is 0 Å². The van der Waals surface area contributed by atoms with Crippen molar-refractivity contribution in [3.05, 3.63) is 35.0 Å². The zero-order valence-electron chi connectivity index (χ0n) is 16.8. The molecule has 5 rings (SSSR count). The highest BCUT2D eigenvalue weighted by Gasteiger charge is 2.50. The van der Waals surface area contributed by atoms with Crippen LogP contribution in [0.4, 0.5) is 19.5 Å². The number of aromatic nitrogens is 1. The Morgan fingerprint density at radius 2 is 1.93 bits per heavy atom. The van der Waals surface area contributed by atoms with Crippen molar-refractivity contribution in [2.24, 2.45) is 5.41 Å². The molecule has 1 aromatic heterocycles. The number of amides is 2. The third-order valence-corrected chi connectivity index (χ3v) is 6.75. The molecule has 9 heteroatoms. The van der Waals surface area contributed by atoms with Gasteiger partial charge in [0.25, 0.3) is 0 Å². The number of para-hydroxylation sites is 1. The molecule has 1 saturated carbocycles. The molecule has 2 fully saturated rings. The molecule has 1 saturated heterocycles. The number of piperidine rings is 1. The smallest absolute Gasteiger partial charge is 0.395 e. The van der Waals surface area contributed by atoms with Crippen LogP contribution in [0.5, 0.6) is 11.5 Å². The number of aryl methyl sites for hydroxylation is 1. The quantitative estimate of drug-likeness (QED) is 0.756. The monoisotopic (exact) mass is 419 g/mol. The molecule has 0 bridgehead atoms. The van der Waals surface area contributed by atoms with Gasteiger partial charge < -0.3 is 18.9 Å². The number of alkyl halides is 2. The molecule has 2 aromatic rings. The van der Waals surface area contributed by atoms with Gasteiger partial charge in [0.15, 0.2) is 11.5 Å². The average Bonchev–Trinajstić information content (AvgIpc) is 3.17. The van der Waals surface area contributed by atoms with Gasteiger partial charge in [-0.3, -0.25) is 5.32 Å². The minimum Gasteiger partial charge on any atom is -0.395 e. The zero-order chi connectivity index (χ0) is 21.1. The number of benzene rings is 1. The lowest BCUT2D eigenvalue weighted by Gasteiger charge is -2.52. The van der Waals surface area contributed by atoms with Crippen LogP contribution in [-0.2, 0) is 0 Å². The number of carbonyl (C=O) groups is 1. The summed E-state index contributed by atoms with van der Waals surface area (Å²) in [5, 5.41) is 6.65. The molecule has 0 unspecified atom stereocenters. The van der Waals surface area contributed by atoms with Gasteiger partial charge in [-0.1, -0.05) is 17.3 Å². The van der Waals surface area contributed by atoms with Gasteiger partial charge in [0.05, 0.1) is 5.69 Å². The first kappa shape index (κ1) is 19.1. The largest absolute Gasteiger partial charge is 0.586 e. The van der Waals surface area contributed by atoms with E-state index in [1.807, 2.05) is 19.9 Å². The number of rotatable bonds is 2. The van der Waals surface area contributed by atoms with Gasteiger partial charge >= 0.3 is 12.3 Å². The summed E-state index contributed by atoms with van der Waals surface area (Å²) < 4.78 is 41.4. The maximum Gasteiger partial charge on any atom is 0.586 e. The van der Waals surface area contributed by atoms with Gasteiger partial charge in [-0.2, -0.15) is 0 Å². The lowest BCUT2D eigenvalue weighted by Crippen LogP contribution is -2.49. The van der Waals surface area contributed by atoms with Gasteiger partial charge in [-0.05, 0) is 56.9 Å². The summed E-state index contributed by atoms with van der Waals surface area (Å²) in [7, 11) is 0. The lowest BCUT2D eigenvalue weighted by atomic mass is 9.56.